The third-order valence-electron chi connectivity index (χ3n) is 4.37. The number of nitrogens with zero attached hydrogens (tertiary/aromatic N) is 1. The number of hydrogen-bond donors (Lipinski definition) is 1. The van der Waals surface area contributed by atoms with E-state index in [0.29, 0.717) is 35.5 Å². The Morgan fingerprint density at radius 3 is 2.68 bits per heavy atom. The molecule has 1 aliphatic heterocycles. The Kier molecular flexibility index (Phi) is 4.92. The Labute approximate surface area is 147 Å². The fourth-order valence-electron chi connectivity index (χ4n) is 2.78. The monoisotopic (exact) mass is 339 g/mol. The van der Waals surface area contributed by atoms with E-state index in [-0.39, 0.29) is 23.7 Å². The van der Waals surface area contributed by atoms with Gasteiger partial charge in [0.2, 0.25) is 13.2 Å². The van der Waals surface area contributed by atoms with Gasteiger partial charge in [0.05, 0.1) is 12.8 Å². The second-order valence-corrected chi connectivity index (χ2v) is 6.35. The highest BCUT2D eigenvalue weighted by molar-refractivity contribution is 6.85. The van der Waals surface area contributed by atoms with E-state index in [1.165, 1.54) is 13.1 Å². The van der Waals surface area contributed by atoms with Crippen molar-refractivity contribution in [1.29, 1.82) is 0 Å². The first-order valence-electron chi connectivity index (χ1n) is 8.22. The van der Waals surface area contributed by atoms with E-state index < -0.39 is 0 Å². The molecule has 0 atom stereocenters. The minimum atomic E-state index is -0.113. The fourth-order valence-corrected chi connectivity index (χ4v) is 2.78. The molecule has 0 unspecified atom stereocenters. The number of Topliss-reactive ketones (excluding diaryl/α,β-unsaturated/α-hetero) is 1. The lowest BCUT2D eigenvalue weighted by Gasteiger charge is -2.34. The normalized spacial score (nSPS) is 21.4. The van der Waals surface area contributed by atoms with Crippen LogP contribution in [0.1, 0.15) is 25.3 Å². The predicted octanol–water partition coefficient (Wildman–Crippen LogP) is 1.78. The summed E-state index contributed by atoms with van der Waals surface area (Å²) in [5.74, 6) is 1.12. The van der Waals surface area contributed by atoms with E-state index in [0.717, 1.165) is 5.56 Å². The van der Waals surface area contributed by atoms with Crippen molar-refractivity contribution in [2.24, 2.45) is 10.9 Å². The van der Waals surface area contributed by atoms with Crippen LogP contribution in [0.25, 0.3) is 0 Å². The molecule has 6 nitrogen and oxygen atoms in total. The molecular formula is C18H20BN2O4. The van der Waals surface area contributed by atoms with Gasteiger partial charge in [0.1, 0.15) is 11.9 Å². The number of amidine groups is 1. The number of carbonyl (C=O) groups is 2. The van der Waals surface area contributed by atoms with Gasteiger partial charge >= 0.3 is 0 Å². The molecule has 1 heterocycles. The average molecular weight is 339 g/mol. The minimum Gasteiger partial charge on any atom is -0.493 e. The highest BCUT2D eigenvalue weighted by atomic mass is 16.5. The van der Waals surface area contributed by atoms with Gasteiger partial charge in [0, 0.05) is 12.1 Å². The molecule has 2 aliphatic rings. The Balaban J connectivity index is 1.48. The van der Waals surface area contributed by atoms with Crippen molar-refractivity contribution in [3.63, 3.8) is 0 Å². The molecule has 1 aliphatic carbocycles. The molecule has 1 aromatic carbocycles. The fraction of sp³-hybridized carbons (Fsp3) is 0.389. The van der Waals surface area contributed by atoms with Gasteiger partial charge in [-0.05, 0) is 49.9 Å². The number of nitrogens with one attached hydrogen (secondary N) is 1. The summed E-state index contributed by atoms with van der Waals surface area (Å²) in [4.78, 5) is 27.5. The van der Waals surface area contributed by atoms with Crippen molar-refractivity contribution in [2.75, 3.05) is 7.11 Å². The van der Waals surface area contributed by atoms with E-state index >= 15 is 0 Å². The van der Waals surface area contributed by atoms with Gasteiger partial charge in [-0.25, -0.2) is 0 Å². The van der Waals surface area contributed by atoms with Crippen LogP contribution in [0, 0.1) is 12.8 Å². The lowest BCUT2D eigenvalue weighted by Crippen LogP contribution is -2.46. The third kappa shape index (κ3) is 3.92. The van der Waals surface area contributed by atoms with E-state index in [1.807, 2.05) is 25.1 Å². The van der Waals surface area contributed by atoms with Gasteiger partial charge in [-0.15, -0.1) is 0 Å². The van der Waals surface area contributed by atoms with Crippen molar-refractivity contribution in [1.82, 2.24) is 5.32 Å². The molecule has 1 saturated carbocycles. The molecule has 7 heteroatoms. The summed E-state index contributed by atoms with van der Waals surface area (Å²) < 4.78 is 11.3. The molecule has 1 radical (unpaired) electrons. The van der Waals surface area contributed by atoms with Gasteiger partial charge < -0.3 is 14.8 Å². The second kappa shape index (κ2) is 7.13. The Morgan fingerprint density at radius 1 is 1.28 bits per heavy atom. The van der Waals surface area contributed by atoms with Crippen molar-refractivity contribution in [3.05, 3.63) is 35.4 Å². The first-order chi connectivity index (χ1) is 12.0. The molecule has 25 heavy (non-hydrogen) atoms. The summed E-state index contributed by atoms with van der Waals surface area (Å²) in [6.45, 7) is 3.46. The Morgan fingerprint density at radius 2 is 2.04 bits per heavy atom. The van der Waals surface area contributed by atoms with E-state index in [9.17, 15) is 9.59 Å². The number of methoxy groups -OCH3 is 1. The van der Waals surface area contributed by atoms with Crippen molar-refractivity contribution in [3.8, 4) is 11.5 Å². The van der Waals surface area contributed by atoms with Gasteiger partial charge in [-0.1, -0.05) is 6.07 Å². The first kappa shape index (κ1) is 17.3. The SMILES string of the molecule is COc1ccc(C)cc1OC1CC(C(=O)NC2=NC=C(C(C)=O)[B]2)C1. The van der Waals surface area contributed by atoms with Gasteiger partial charge in [0.25, 0.3) is 0 Å². The van der Waals surface area contributed by atoms with Crippen molar-refractivity contribution in [2.45, 2.75) is 32.8 Å². The lowest BCUT2D eigenvalue weighted by atomic mass is 9.68. The number of amides is 1. The smallest absolute Gasteiger partial charge is 0.247 e. The van der Waals surface area contributed by atoms with E-state index in [1.54, 1.807) is 14.4 Å². The molecule has 1 N–H and O–H groups in total. The van der Waals surface area contributed by atoms with Crippen LogP contribution in [-0.2, 0) is 9.59 Å². The van der Waals surface area contributed by atoms with Crippen LogP contribution in [0.4, 0.5) is 0 Å². The van der Waals surface area contributed by atoms with E-state index in [2.05, 4.69) is 10.3 Å². The molecule has 1 aromatic rings. The maximum atomic E-state index is 12.2. The number of ketones is 1. The quantitative estimate of drug-likeness (QED) is 0.830. The first-order valence-corrected chi connectivity index (χ1v) is 8.22. The van der Waals surface area contributed by atoms with Crippen LogP contribution >= 0.6 is 0 Å². The summed E-state index contributed by atoms with van der Waals surface area (Å²) in [5.41, 5.74) is 2.00. The van der Waals surface area contributed by atoms with Crippen LogP contribution in [0.2, 0.25) is 0 Å². The summed E-state index contributed by atoms with van der Waals surface area (Å²) >= 11 is 0. The van der Waals surface area contributed by atoms with Crippen molar-refractivity contribution < 1.29 is 19.1 Å². The third-order valence-corrected chi connectivity index (χ3v) is 4.37. The molecule has 0 saturated heterocycles. The number of aliphatic imine (C=N–C) groups is 1. The van der Waals surface area contributed by atoms with Crippen molar-refractivity contribution >= 4 is 24.7 Å². The molecule has 1 amide bonds. The number of rotatable bonds is 5. The summed E-state index contributed by atoms with van der Waals surface area (Å²) in [6.07, 6.45) is 2.74. The van der Waals surface area contributed by atoms with Gasteiger partial charge in [-0.2, -0.15) is 0 Å². The Bertz CT molecular complexity index is 766. The number of allylic oxidation sites excluding steroid dienone is 1. The minimum absolute atomic E-state index is 0.00754. The van der Waals surface area contributed by atoms with Crippen LogP contribution in [0.3, 0.4) is 0 Å². The van der Waals surface area contributed by atoms with Crippen LogP contribution in [0.5, 0.6) is 11.5 Å². The number of hydrogen-bond acceptors (Lipinski definition) is 5. The number of ether oxygens (including phenoxy) is 2. The lowest BCUT2D eigenvalue weighted by molar-refractivity contribution is -0.129. The zero-order valence-corrected chi connectivity index (χ0v) is 14.5. The van der Waals surface area contributed by atoms with Gasteiger partial charge in [-0.3, -0.25) is 14.6 Å². The van der Waals surface area contributed by atoms with Crippen LogP contribution in [-0.4, -0.2) is 37.9 Å². The zero-order valence-electron chi connectivity index (χ0n) is 14.5. The molecule has 129 valence electrons. The topological polar surface area (TPSA) is 77.0 Å². The second-order valence-electron chi connectivity index (χ2n) is 6.35. The molecule has 0 bridgehead atoms. The highest BCUT2D eigenvalue weighted by Crippen LogP contribution is 2.36. The molecule has 0 aromatic heterocycles. The largest absolute Gasteiger partial charge is 0.493 e. The molecule has 0 spiro atoms. The zero-order chi connectivity index (χ0) is 18.0. The maximum Gasteiger partial charge on any atom is 0.247 e. The Hall–Kier alpha value is -2.57. The molecule has 3 rings (SSSR count). The number of benzene rings is 1. The standard InChI is InChI=1S/C18H20BN2O4/c1-10-4-5-15(24-3)16(6-10)25-13-7-12(8-13)17(23)21-18-19-14(9-20-18)11(2)22/h4-6,9,12-13H,7-8H2,1-3H3,(H,20,21,23). The average Bonchev–Trinajstić information content (AvgIpc) is 2.99. The van der Waals surface area contributed by atoms with E-state index in [4.69, 9.17) is 9.47 Å². The summed E-state index contributed by atoms with van der Waals surface area (Å²) in [5, 5.41) is 2.75. The number of carbonyl (C=O) groups excluding carboxylic acids is 2. The maximum absolute atomic E-state index is 12.2. The number of aryl methyl sites for hydroxylation is 1. The van der Waals surface area contributed by atoms with Crippen LogP contribution < -0.4 is 14.8 Å². The highest BCUT2D eigenvalue weighted by Gasteiger charge is 2.37. The summed E-state index contributed by atoms with van der Waals surface area (Å²) in [7, 11) is 3.20. The molecule has 1 fully saturated rings. The van der Waals surface area contributed by atoms with Crippen LogP contribution in [0.15, 0.2) is 34.9 Å². The predicted molar refractivity (Wildman–Crippen MR) is 95.0 cm³/mol. The molecular weight excluding hydrogens is 319 g/mol. The van der Waals surface area contributed by atoms with Gasteiger partial charge in [0.15, 0.2) is 11.5 Å². The summed E-state index contributed by atoms with van der Waals surface area (Å²) in [6, 6.07) is 5.77.